The Morgan fingerprint density at radius 1 is 1.19 bits per heavy atom. The Morgan fingerprint density at radius 2 is 1.85 bits per heavy atom. The first-order valence-corrected chi connectivity index (χ1v) is 10.7. The molecule has 1 aliphatic carbocycles. The number of sulfone groups is 1. The Bertz CT molecular complexity index is 890. The van der Waals surface area contributed by atoms with Gasteiger partial charge in [0.1, 0.15) is 12.1 Å². The molecular weight excluding hydrogens is 370 g/mol. The van der Waals surface area contributed by atoms with E-state index < -0.39 is 33.9 Å². The van der Waals surface area contributed by atoms with Gasteiger partial charge in [-0.25, -0.2) is 13.2 Å². The zero-order valence-electron chi connectivity index (χ0n) is 15.4. The number of urea groups is 1. The first-order chi connectivity index (χ1) is 12.6. The van der Waals surface area contributed by atoms with Gasteiger partial charge in [0.25, 0.3) is 5.91 Å². The number of nitrogens with one attached hydrogen (secondary N) is 1. The molecule has 1 aliphatic heterocycles. The summed E-state index contributed by atoms with van der Waals surface area (Å²) in [5.41, 5.74) is -0.533. The first-order valence-electron chi connectivity index (χ1n) is 8.85. The average Bonchev–Trinajstić information content (AvgIpc) is 2.78. The Hall–Kier alpha value is -2.42. The summed E-state index contributed by atoms with van der Waals surface area (Å²) in [7, 11) is -1.79. The highest BCUT2D eigenvalue weighted by atomic mass is 32.2. The number of amides is 4. The average molecular weight is 393 g/mol. The molecule has 1 N–H and O–H groups in total. The molecule has 1 aromatic carbocycles. The molecule has 1 spiro atoms. The molecule has 1 saturated heterocycles. The quantitative estimate of drug-likeness (QED) is 0.783. The SMILES string of the molecule is CN1C(=O)N(CC(=O)Nc2cccc(S(C)(=O)=O)c2)C(=O)C12CCCCC2. The van der Waals surface area contributed by atoms with Crippen LogP contribution in [0.15, 0.2) is 29.2 Å². The molecule has 3 rings (SSSR count). The number of carbonyl (C=O) groups is 3. The maximum Gasteiger partial charge on any atom is 0.327 e. The van der Waals surface area contributed by atoms with Crippen LogP contribution in [0.3, 0.4) is 0 Å². The van der Waals surface area contributed by atoms with Crippen molar-refractivity contribution in [2.24, 2.45) is 0 Å². The second kappa shape index (κ2) is 6.95. The van der Waals surface area contributed by atoms with Gasteiger partial charge >= 0.3 is 6.03 Å². The summed E-state index contributed by atoms with van der Waals surface area (Å²) in [6.45, 7) is -0.396. The molecule has 9 heteroatoms. The van der Waals surface area contributed by atoms with Crippen molar-refractivity contribution in [2.75, 3.05) is 25.2 Å². The third-order valence-electron chi connectivity index (χ3n) is 5.33. The summed E-state index contributed by atoms with van der Waals surface area (Å²) >= 11 is 0. The van der Waals surface area contributed by atoms with Crippen molar-refractivity contribution in [2.45, 2.75) is 42.5 Å². The Morgan fingerprint density at radius 3 is 2.48 bits per heavy atom. The lowest BCUT2D eigenvalue weighted by Gasteiger charge is -2.35. The van der Waals surface area contributed by atoms with Crippen molar-refractivity contribution >= 4 is 33.4 Å². The number of nitrogens with zero attached hydrogens (tertiary/aromatic N) is 2. The molecule has 0 bridgehead atoms. The van der Waals surface area contributed by atoms with Crippen LogP contribution in [0.1, 0.15) is 32.1 Å². The van der Waals surface area contributed by atoms with Gasteiger partial charge in [-0.2, -0.15) is 0 Å². The fourth-order valence-electron chi connectivity index (χ4n) is 3.82. The van der Waals surface area contributed by atoms with Gasteiger partial charge in [0.2, 0.25) is 5.91 Å². The molecule has 0 radical (unpaired) electrons. The number of hydrogen-bond acceptors (Lipinski definition) is 5. The van der Waals surface area contributed by atoms with E-state index in [0.717, 1.165) is 30.4 Å². The van der Waals surface area contributed by atoms with E-state index in [0.29, 0.717) is 18.5 Å². The molecule has 27 heavy (non-hydrogen) atoms. The van der Waals surface area contributed by atoms with Crippen LogP contribution in [0.5, 0.6) is 0 Å². The van der Waals surface area contributed by atoms with E-state index >= 15 is 0 Å². The molecule has 146 valence electrons. The maximum atomic E-state index is 12.9. The predicted molar refractivity (Wildman–Crippen MR) is 98.9 cm³/mol. The minimum absolute atomic E-state index is 0.0783. The molecule has 0 unspecified atom stereocenters. The van der Waals surface area contributed by atoms with Crippen molar-refractivity contribution in [1.82, 2.24) is 9.80 Å². The molecule has 4 amide bonds. The molecule has 0 aromatic heterocycles. The van der Waals surface area contributed by atoms with Crippen LogP contribution in [0.4, 0.5) is 10.5 Å². The summed E-state index contributed by atoms with van der Waals surface area (Å²) in [5, 5.41) is 2.56. The van der Waals surface area contributed by atoms with E-state index in [4.69, 9.17) is 0 Å². The summed E-state index contributed by atoms with van der Waals surface area (Å²) in [4.78, 5) is 40.3. The minimum Gasteiger partial charge on any atom is -0.324 e. The van der Waals surface area contributed by atoms with E-state index in [2.05, 4.69) is 5.32 Å². The highest BCUT2D eigenvalue weighted by Gasteiger charge is 2.55. The van der Waals surface area contributed by atoms with Crippen LogP contribution in [-0.4, -0.2) is 61.5 Å². The van der Waals surface area contributed by atoms with Crippen LogP contribution < -0.4 is 5.32 Å². The van der Waals surface area contributed by atoms with Crippen LogP contribution in [0.2, 0.25) is 0 Å². The smallest absolute Gasteiger partial charge is 0.324 e. The summed E-state index contributed by atoms with van der Waals surface area (Å²) in [5.74, 6) is -0.877. The molecule has 1 aromatic rings. The van der Waals surface area contributed by atoms with Gasteiger partial charge in [-0.15, -0.1) is 0 Å². The summed E-state index contributed by atoms with van der Waals surface area (Å²) < 4.78 is 23.3. The monoisotopic (exact) mass is 393 g/mol. The first kappa shape index (κ1) is 19.3. The van der Waals surface area contributed by atoms with Gasteiger partial charge in [-0.1, -0.05) is 25.3 Å². The zero-order chi connectivity index (χ0) is 19.8. The van der Waals surface area contributed by atoms with Gasteiger partial charge in [-0.3, -0.25) is 14.5 Å². The Kier molecular flexibility index (Phi) is 4.98. The lowest BCUT2D eigenvalue weighted by atomic mass is 9.81. The minimum atomic E-state index is -3.40. The lowest BCUT2D eigenvalue weighted by molar-refractivity contribution is -0.136. The van der Waals surface area contributed by atoms with Crippen molar-refractivity contribution in [3.63, 3.8) is 0 Å². The van der Waals surface area contributed by atoms with Crippen molar-refractivity contribution < 1.29 is 22.8 Å². The standard InChI is InChI=1S/C18H23N3O5S/c1-20-17(24)21(16(23)18(20)9-4-3-5-10-18)12-15(22)19-13-7-6-8-14(11-13)27(2,25)26/h6-8,11H,3-5,9-10,12H2,1-2H3,(H,19,22). The summed E-state index contributed by atoms with van der Waals surface area (Å²) in [6, 6.07) is 5.37. The normalized spacial score (nSPS) is 19.6. The number of rotatable bonds is 4. The molecule has 1 saturated carbocycles. The van der Waals surface area contributed by atoms with Gasteiger partial charge in [0.15, 0.2) is 9.84 Å². The highest BCUT2D eigenvalue weighted by molar-refractivity contribution is 7.90. The molecular formula is C18H23N3O5S. The Labute approximate surface area is 158 Å². The number of benzene rings is 1. The van der Waals surface area contributed by atoms with E-state index in [1.807, 2.05) is 0 Å². The predicted octanol–water partition coefficient (Wildman–Crippen LogP) is 1.63. The molecule has 2 aliphatic rings. The van der Waals surface area contributed by atoms with Gasteiger partial charge < -0.3 is 10.2 Å². The third kappa shape index (κ3) is 3.55. The number of likely N-dealkylation sites (N-methyl/N-ethyl adjacent to an activating group) is 1. The van der Waals surface area contributed by atoms with Crippen LogP contribution >= 0.6 is 0 Å². The number of carbonyl (C=O) groups excluding carboxylic acids is 3. The van der Waals surface area contributed by atoms with Crippen molar-refractivity contribution in [3.8, 4) is 0 Å². The van der Waals surface area contributed by atoms with E-state index in [1.165, 1.54) is 23.1 Å². The van der Waals surface area contributed by atoms with Crippen LogP contribution in [0, 0.1) is 0 Å². The molecule has 1 heterocycles. The van der Waals surface area contributed by atoms with Crippen molar-refractivity contribution in [1.29, 1.82) is 0 Å². The zero-order valence-corrected chi connectivity index (χ0v) is 16.2. The maximum absolute atomic E-state index is 12.9. The fourth-order valence-corrected chi connectivity index (χ4v) is 4.49. The second-order valence-corrected chi connectivity index (χ2v) is 9.19. The number of anilines is 1. The fraction of sp³-hybridized carbons (Fsp3) is 0.500. The lowest BCUT2D eigenvalue weighted by Crippen LogP contribution is -2.49. The number of imide groups is 1. The Balaban J connectivity index is 1.73. The largest absolute Gasteiger partial charge is 0.327 e. The van der Waals surface area contributed by atoms with Crippen LogP contribution in [0.25, 0.3) is 0 Å². The summed E-state index contributed by atoms with van der Waals surface area (Å²) in [6.07, 6.45) is 5.09. The molecule has 0 atom stereocenters. The topological polar surface area (TPSA) is 104 Å². The van der Waals surface area contributed by atoms with E-state index in [-0.39, 0.29) is 10.8 Å². The van der Waals surface area contributed by atoms with Crippen molar-refractivity contribution in [3.05, 3.63) is 24.3 Å². The third-order valence-corrected chi connectivity index (χ3v) is 6.44. The van der Waals surface area contributed by atoms with Gasteiger partial charge in [0, 0.05) is 19.0 Å². The van der Waals surface area contributed by atoms with Crippen LogP contribution in [-0.2, 0) is 19.4 Å². The molecule has 8 nitrogen and oxygen atoms in total. The van der Waals surface area contributed by atoms with Gasteiger partial charge in [0.05, 0.1) is 4.90 Å². The van der Waals surface area contributed by atoms with Gasteiger partial charge in [-0.05, 0) is 31.0 Å². The highest BCUT2D eigenvalue weighted by Crippen LogP contribution is 2.39. The van der Waals surface area contributed by atoms with E-state index in [1.54, 1.807) is 13.1 Å². The molecule has 2 fully saturated rings. The van der Waals surface area contributed by atoms with E-state index in [9.17, 15) is 22.8 Å². The second-order valence-electron chi connectivity index (χ2n) is 7.17. The number of hydrogen-bond donors (Lipinski definition) is 1.